The van der Waals surface area contributed by atoms with Gasteiger partial charge in [-0.25, -0.2) is 4.79 Å². The number of hydrogen-bond donors (Lipinski definition) is 1. The molecule has 4 nitrogen and oxygen atoms in total. The number of amides is 1. The van der Waals surface area contributed by atoms with Gasteiger partial charge in [0.25, 0.3) is 0 Å². The van der Waals surface area contributed by atoms with E-state index >= 15 is 0 Å². The molecule has 4 heteroatoms. The molecule has 0 fully saturated rings. The number of benzene rings is 1. The average Bonchev–Trinajstić information content (AvgIpc) is 2.17. The quantitative estimate of drug-likeness (QED) is 0.769. The van der Waals surface area contributed by atoms with Gasteiger partial charge in [0, 0.05) is 5.56 Å². The third-order valence-corrected chi connectivity index (χ3v) is 2.63. The Bertz CT molecular complexity index is 426. The summed E-state index contributed by atoms with van der Waals surface area (Å²) in [6.07, 6.45) is -0.397. The fourth-order valence-electron chi connectivity index (χ4n) is 1.90. The van der Waals surface area contributed by atoms with E-state index in [1.54, 1.807) is 7.11 Å². The van der Waals surface area contributed by atoms with Crippen LogP contribution in [0.3, 0.4) is 0 Å². The van der Waals surface area contributed by atoms with Gasteiger partial charge < -0.3 is 9.47 Å². The molecule has 1 heterocycles. The van der Waals surface area contributed by atoms with Crippen molar-refractivity contribution < 1.29 is 14.3 Å². The standard InChI is InChI=1S/C11H13NO3/c1-6-4-9-8(5-15-11(13)12-9)7(2)10(6)14-3/h4H,5H2,1-3H3,(H,12,13). The number of cyclic esters (lactones) is 1. The van der Waals surface area contributed by atoms with Crippen LogP contribution in [0.15, 0.2) is 6.07 Å². The average molecular weight is 207 g/mol. The highest BCUT2D eigenvalue weighted by Gasteiger charge is 2.20. The molecule has 0 aromatic heterocycles. The van der Waals surface area contributed by atoms with Gasteiger partial charge in [0.05, 0.1) is 12.8 Å². The number of carbonyl (C=O) groups is 1. The van der Waals surface area contributed by atoms with Gasteiger partial charge in [0.2, 0.25) is 0 Å². The van der Waals surface area contributed by atoms with E-state index in [0.29, 0.717) is 6.61 Å². The number of nitrogens with one attached hydrogen (secondary N) is 1. The molecule has 0 radical (unpaired) electrons. The number of aryl methyl sites for hydroxylation is 1. The zero-order valence-corrected chi connectivity index (χ0v) is 9.01. The number of fused-ring (bicyclic) bond motifs is 1. The van der Waals surface area contributed by atoms with Gasteiger partial charge in [0.1, 0.15) is 12.4 Å². The maximum Gasteiger partial charge on any atom is 0.411 e. The molecule has 1 amide bonds. The summed E-state index contributed by atoms with van der Waals surface area (Å²) in [5.41, 5.74) is 3.84. The summed E-state index contributed by atoms with van der Waals surface area (Å²) in [5.74, 6) is 0.855. The van der Waals surface area contributed by atoms with Crippen LogP contribution in [0.4, 0.5) is 10.5 Å². The summed E-state index contributed by atoms with van der Waals surface area (Å²) < 4.78 is 10.2. The zero-order valence-electron chi connectivity index (χ0n) is 9.01. The number of carbonyl (C=O) groups excluding carboxylic acids is 1. The monoisotopic (exact) mass is 207 g/mol. The lowest BCUT2D eigenvalue weighted by Crippen LogP contribution is -2.21. The van der Waals surface area contributed by atoms with Crippen LogP contribution in [-0.2, 0) is 11.3 Å². The first-order chi connectivity index (χ1) is 7.13. The number of anilines is 1. The van der Waals surface area contributed by atoms with Crippen LogP contribution in [0.25, 0.3) is 0 Å². The highest BCUT2D eigenvalue weighted by molar-refractivity contribution is 5.88. The molecule has 0 atom stereocenters. The van der Waals surface area contributed by atoms with E-state index in [-0.39, 0.29) is 0 Å². The first kappa shape index (κ1) is 9.83. The second-order valence-electron chi connectivity index (χ2n) is 3.58. The molecular formula is C11H13NO3. The Balaban J connectivity index is 2.57. The molecule has 0 saturated heterocycles. The van der Waals surface area contributed by atoms with Crippen molar-refractivity contribution in [1.29, 1.82) is 0 Å². The summed E-state index contributed by atoms with van der Waals surface area (Å²) in [6.45, 7) is 4.23. The molecular weight excluding hydrogens is 194 g/mol. The van der Waals surface area contributed by atoms with Crippen molar-refractivity contribution in [2.45, 2.75) is 20.5 Å². The van der Waals surface area contributed by atoms with Crippen molar-refractivity contribution in [3.05, 3.63) is 22.8 Å². The van der Waals surface area contributed by atoms with Crippen molar-refractivity contribution in [2.24, 2.45) is 0 Å². The van der Waals surface area contributed by atoms with E-state index < -0.39 is 6.09 Å². The van der Waals surface area contributed by atoms with Crippen molar-refractivity contribution in [3.63, 3.8) is 0 Å². The number of rotatable bonds is 1. The summed E-state index contributed by atoms with van der Waals surface area (Å²) in [4.78, 5) is 11.0. The van der Waals surface area contributed by atoms with E-state index in [1.807, 2.05) is 19.9 Å². The predicted molar refractivity (Wildman–Crippen MR) is 56.3 cm³/mol. The zero-order chi connectivity index (χ0) is 11.0. The molecule has 15 heavy (non-hydrogen) atoms. The minimum absolute atomic E-state index is 0.309. The molecule has 1 aliphatic rings. The smallest absolute Gasteiger partial charge is 0.411 e. The molecule has 0 aliphatic carbocycles. The lowest BCUT2D eigenvalue weighted by atomic mass is 10.0. The first-order valence-corrected chi connectivity index (χ1v) is 4.74. The topological polar surface area (TPSA) is 47.6 Å². The Labute approximate surface area is 88.2 Å². The molecule has 0 bridgehead atoms. The predicted octanol–water partition coefficient (Wildman–Crippen LogP) is 2.37. The summed E-state index contributed by atoms with van der Waals surface area (Å²) >= 11 is 0. The third-order valence-electron chi connectivity index (χ3n) is 2.63. The maximum absolute atomic E-state index is 11.0. The van der Waals surface area contributed by atoms with E-state index in [2.05, 4.69) is 5.32 Å². The molecule has 1 aromatic rings. The Morgan fingerprint density at radius 1 is 1.47 bits per heavy atom. The summed E-state index contributed by atoms with van der Waals surface area (Å²) in [6, 6.07) is 1.90. The number of methoxy groups -OCH3 is 1. The Hall–Kier alpha value is -1.71. The van der Waals surface area contributed by atoms with Crippen molar-refractivity contribution >= 4 is 11.8 Å². The van der Waals surface area contributed by atoms with E-state index in [9.17, 15) is 4.79 Å². The minimum atomic E-state index is -0.397. The second kappa shape index (κ2) is 3.46. The van der Waals surface area contributed by atoms with Crippen LogP contribution in [0.5, 0.6) is 5.75 Å². The molecule has 1 aliphatic heterocycles. The van der Waals surface area contributed by atoms with Gasteiger partial charge in [-0.05, 0) is 31.0 Å². The van der Waals surface area contributed by atoms with Crippen LogP contribution in [0.1, 0.15) is 16.7 Å². The molecule has 2 rings (SSSR count). The van der Waals surface area contributed by atoms with Crippen LogP contribution >= 0.6 is 0 Å². The maximum atomic E-state index is 11.0. The van der Waals surface area contributed by atoms with Gasteiger partial charge in [-0.15, -0.1) is 0 Å². The van der Waals surface area contributed by atoms with Gasteiger partial charge in [-0.3, -0.25) is 5.32 Å². The van der Waals surface area contributed by atoms with Crippen molar-refractivity contribution in [3.8, 4) is 5.75 Å². The minimum Gasteiger partial charge on any atom is -0.496 e. The second-order valence-corrected chi connectivity index (χ2v) is 3.58. The van der Waals surface area contributed by atoms with Crippen molar-refractivity contribution in [1.82, 2.24) is 0 Å². The normalized spacial score (nSPS) is 13.9. The Morgan fingerprint density at radius 3 is 2.87 bits per heavy atom. The largest absolute Gasteiger partial charge is 0.496 e. The molecule has 1 aromatic carbocycles. The van der Waals surface area contributed by atoms with Crippen LogP contribution in [0.2, 0.25) is 0 Å². The highest BCUT2D eigenvalue weighted by Crippen LogP contribution is 2.34. The molecule has 80 valence electrons. The SMILES string of the molecule is COc1c(C)cc2c(c1C)COC(=O)N2. The Morgan fingerprint density at radius 2 is 2.20 bits per heavy atom. The van der Waals surface area contributed by atoms with Crippen LogP contribution in [0, 0.1) is 13.8 Å². The van der Waals surface area contributed by atoms with Gasteiger partial charge in [-0.1, -0.05) is 0 Å². The Kier molecular flexibility index (Phi) is 2.26. The fraction of sp³-hybridized carbons (Fsp3) is 0.364. The number of hydrogen-bond acceptors (Lipinski definition) is 3. The third kappa shape index (κ3) is 1.52. The molecule has 0 spiro atoms. The van der Waals surface area contributed by atoms with Gasteiger partial charge in [-0.2, -0.15) is 0 Å². The first-order valence-electron chi connectivity index (χ1n) is 4.74. The van der Waals surface area contributed by atoms with Gasteiger partial charge in [0.15, 0.2) is 0 Å². The van der Waals surface area contributed by atoms with E-state index in [0.717, 1.165) is 28.1 Å². The van der Waals surface area contributed by atoms with E-state index in [4.69, 9.17) is 9.47 Å². The molecule has 0 unspecified atom stereocenters. The molecule has 1 N–H and O–H groups in total. The van der Waals surface area contributed by atoms with Gasteiger partial charge >= 0.3 is 6.09 Å². The summed E-state index contributed by atoms with van der Waals surface area (Å²) in [5, 5.41) is 2.68. The number of ether oxygens (including phenoxy) is 2. The lowest BCUT2D eigenvalue weighted by molar-refractivity contribution is 0.151. The van der Waals surface area contributed by atoms with Crippen molar-refractivity contribution in [2.75, 3.05) is 12.4 Å². The van der Waals surface area contributed by atoms with Crippen LogP contribution in [-0.4, -0.2) is 13.2 Å². The molecule has 0 saturated carbocycles. The summed E-state index contributed by atoms with van der Waals surface area (Å²) in [7, 11) is 1.64. The highest BCUT2D eigenvalue weighted by atomic mass is 16.5. The lowest BCUT2D eigenvalue weighted by Gasteiger charge is -2.22. The fourth-order valence-corrected chi connectivity index (χ4v) is 1.90. The van der Waals surface area contributed by atoms with Crippen LogP contribution < -0.4 is 10.1 Å². The van der Waals surface area contributed by atoms with E-state index in [1.165, 1.54) is 0 Å².